The third-order valence-corrected chi connectivity index (χ3v) is 4.80. The van der Waals surface area contributed by atoms with Gasteiger partial charge in [0.05, 0.1) is 19.5 Å². The van der Waals surface area contributed by atoms with E-state index >= 15 is 0 Å². The Bertz CT molecular complexity index is 767. The van der Waals surface area contributed by atoms with Gasteiger partial charge in [-0.3, -0.25) is 9.79 Å². The molecule has 0 bridgehead atoms. The summed E-state index contributed by atoms with van der Waals surface area (Å²) in [4.78, 5) is 16.1. The summed E-state index contributed by atoms with van der Waals surface area (Å²) in [6, 6.07) is 12.1. The van der Waals surface area contributed by atoms with Crippen LogP contribution in [0.5, 0.6) is 5.75 Å². The molecule has 2 aromatic rings. The molecule has 0 spiro atoms. The van der Waals surface area contributed by atoms with Gasteiger partial charge in [0.15, 0.2) is 0 Å². The van der Waals surface area contributed by atoms with Crippen molar-refractivity contribution < 1.29 is 9.53 Å². The van der Waals surface area contributed by atoms with Crippen molar-refractivity contribution in [2.75, 3.05) is 7.11 Å². The van der Waals surface area contributed by atoms with Gasteiger partial charge in [-0.15, -0.1) is 0 Å². The monoisotopic (exact) mass is 310 g/mol. The van der Waals surface area contributed by atoms with E-state index in [0.29, 0.717) is 12.4 Å². The summed E-state index contributed by atoms with van der Waals surface area (Å²) in [5.41, 5.74) is 7.24. The SMILES string of the molecule is COc1ccc(CN=C(N)C2CCC2C(C)=O)c2ccccc12. The first-order valence-electron chi connectivity index (χ1n) is 7.96. The molecule has 1 aliphatic rings. The van der Waals surface area contributed by atoms with E-state index in [4.69, 9.17) is 10.5 Å². The topological polar surface area (TPSA) is 64.7 Å². The average molecular weight is 310 g/mol. The van der Waals surface area contributed by atoms with Crippen LogP contribution in [0, 0.1) is 11.8 Å². The first kappa shape index (κ1) is 15.5. The summed E-state index contributed by atoms with van der Waals surface area (Å²) in [6.45, 7) is 2.17. The van der Waals surface area contributed by atoms with Gasteiger partial charge < -0.3 is 10.5 Å². The largest absolute Gasteiger partial charge is 0.496 e. The minimum absolute atomic E-state index is 0.0614. The summed E-state index contributed by atoms with van der Waals surface area (Å²) in [5, 5.41) is 2.20. The maximum atomic E-state index is 11.5. The van der Waals surface area contributed by atoms with Crippen molar-refractivity contribution >= 4 is 22.4 Å². The van der Waals surface area contributed by atoms with Crippen LogP contribution in [-0.2, 0) is 11.3 Å². The van der Waals surface area contributed by atoms with Gasteiger partial charge in [-0.25, -0.2) is 0 Å². The highest BCUT2D eigenvalue weighted by Crippen LogP contribution is 2.35. The quantitative estimate of drug-likeness (QED) is 0.680. The number of carbonyl (C=O) groups is 1. The fraction of sp³-hybridized carbons (Fsp3) is 0.368. The standard InChI is InChI=1S/C19H22N2O2/c1-12(22)14-8-9-17(14)19(20)21-11-13-7-10-18(23-2)16-6-4-3-5-15(13)16/h3-7,10,14,17H,8-9,11H2,1-2H3,(H2,20,21). The Labute approximate surface area is 136 Å². The Hall–Kier alpha value is -2.36. The minimum Gasteiger partial charge on any atom is -0.496 e. The van der Waals surface area contributed by atoms with Crippen molar-refractivity contribution in [3.05, 3.63) is 42.0 Å². The van der Waals surface area contributed by atoms with Gasteiger partial charge in [0.2, 0.25) is 0 Å². The number of ether oxygens (including phenoxy) is 1. The van der Waals surface area contributed by atoms with E-state index in [0.717, 1.165) is 34.9 Å². The smallest absolute Gasteiger partial charge is 0.133 e. The summed E-state index contributed by atoms with van der Waals surface area (Å²) >= 11 is 0. The molecule has 1 fully saturated rings. The minimum atomic E-state index is 0.0614. The Balaban J connectivity index is 1.85. The van der Waals surface area contributed by atoms with Crippen LogP contribution < -0.4 is 10.5 Å². The zero-order valence-corrected chi connectivity index (χ0v) is 13.6. The molecule has 1 saturated carbocycles. The highest BCUT2D eigenvalue weighted by atomic mass is 16.5. The molecule has 1 aliphatic carbocycles. The summed E-state index contributed by atoms with van der Waals surface area (Å²) in [5.74, 6) is 1.87. The normalized spacial score (nSPS) is 21.0. The van der Waals surface area contributed by atoms with Crippen LogP contribution in [0.4, 0.5) is 0 Å². The van der Waals surface area contributed by atoms with Gasteiger partial charge in [0.25, 0.3) is 0 Å². The lowest BCUT2D eigenvalue weighted by Crippen LogP contribution is -2.41. The molecule has 2 aromatic carbocycles. The molecular formula is C19H22N2O2. The third-order valence-electron chi connectivity index (χ3n) is 4.80. The second kappa shape index (κ2) is 6.41. The molecule has 120 valence electrons. The fourth-order valence-corrected chi connectivity index (χ4v) is 3.28. The number of hydrogen-bond acceptors (Lipinski definition) is 3. The number of carbonyl (C=O) groups excluding carboxylic acids is 1. The zero-order valence-electron chi connectivity index (χ0n) is 13.6. The van der Waals surface area contributed by atoms with Crippen LogP contribution >= 0.6 is 0 Å². The molecule has 23 heavy (non-hydrogen) atoms. The second-order valence-electron chi connectivity index (χ2n) is 6.11. The summed E-state index contributed by atoms with van der Waals surface area (Å²) < 4.78 is 5.42. The zero-order chi connectivity index (χ0) is 16.4. The lowest BCUT2D eigenvalue weighted by Gasteiger charge is -2.34. The number of Topliss-reactive ketones (excluding diaryl/α,β-unsaturated/α-hetero) is 1. The maximum absolute atomic E-state index is 11.5. The van der Waals surface area contributed by atoms with Crippen molar-refractivity contribution in [2.45, 2.75) is 26.3 Å². The molecule has 0 aromatic heterocycles. The number of methoxy groups -OCH3 is 1. The van der Waals surface area contributed by atoms with E-state index in [2.05, 4.69) is 11.1 Å². The molecule has 0 radical (unpaired) electrons. The van der Waals surface area contributed by atoms with Crippen molar-refractivity contribution in [3.8, 4) is 5.75 Å². The van der Waals surface area contributed by atoms with Crippen molar-refractivity contribution in [1.82, 2.24) is 0 Å². The maximum Gasteiger partial charge on any atom is 0.133 e. The highest BCUT2D eigenvalue weighted by molar-refractivity contribution is 5.93. The molecule has 4 heteroatoms. The third kappa shape index (κ3) is 2.93. The molecule has 2 atom stereocenters. The van der Waals surface area contributed by atoms with Crippen LogP contribution in [0.15, 0.2) is 41.4 Å². The Morgan fingerprint density at radius 2 is 1.87 bits per heavy atom. The number of rotatable bonds is 5. The van der Waals surface area contributed by atoms with E-state index in [-0.39, 0.29) is 17.6 Å². The Kier molecular flexibility index (Phi) is 4.33. The van der Waals surface area contributed by atoms with Gasteiger partial charge in [0.1, 0.15) is 11.5 Å². The summed E-state index contributed by atoms with van der Waals surface area (Å²) in [6.07, 6.45) is 1.89. The second-order valence-corrected chi connectivity index (χ2v) is 6.11. The number of hydrogen-bond donors (Lipinski definition) is 1. The first-order valence-corrected chi connectivity index (χ1v) is 7.96. The Morgan fingerprint density at radius 1 is 1.17 bits per heavy atom. The summed E-state index contributed by atoms with van der Waals surface area (Å²) in [7, 11) is 1.68. The number of nitrogens with zero attached hydrogens (tertiary/aromatic N) is 1. The van der Waals surface area contributed by atoms with Crippen molar-refractivity contribution in [2.24, 2.45) is 22.6 Å². The van der Waals surface area contributed by atoms with Gasteiger partial charge in [-0.05, 0) is 36.8 Å². The molecule has 0 saturated heterocycles. The van der Waals surface area contributed by atoms with E-state index in [1.807, 2.05) is 30.3 Å². The number of amidine groups is 1. The molecule has 0 amide bonds. The molecule has 2 unspecified atom stereocenters. The van der Waals surface area contributed by atoms with Crippen molar-refractivity contribution in [1.29, 1.82) is 0 Å². The van der Waals surface area contributed by atoms with Crippen molar-refractivity contribution in [3.63, 3.8) is 0 Å². The highest BCUT2D eigenvalue weighted by Gasteiger charge is 2.36. The molecule has 2 N–H and O–H groups in total. The molecular weight excluding hydrogens is 288 g/mol. The fourth-order valence-electron chi connectivity index (χ4n) is 3.28. The van der Waals surface area contributed by atoms with Crippen LogP contribution in [0.25, 0.3) is 10.8 Å². The van der Waals surface area contributed by atoms with E-state index < -0.39 is 0 Å². The first-order chi connectivity index (χ1) is 11.1. The van der Waals surface area contributed by atoms with Crippen LogP contribution in [0.1, 0.15) is 25.3 Å². The number of nitrogens with two attached hydrogens (primary N) is 1. The van der Waals surface area contributed by atoms with Gasteiger partial charge >= 0.3 is 0 Å². The molecule has 0 heterocycles. The van der Waals surface area contributed by atoms with Crippen LogP contribution in [0.3, 0.4) is 0 Å². The van der Waals surface area contributed by atoms with E-state index in [1.165, 1.54) is 0 Å². The number of ketones is 1. The van der Waals surface area contributed by atoms with Gasteiger partial charge in [-0.2, -0.15) is 0 Å². The number of benzene rings is 2. The lowest BCUT2D eigenvalue weighted by atomic mass is 9.71. The van der Waals surface area contributed by atoms with Crippen LogP contribution in [-0.4, -0.2) is 18.7 Å². The van der Waals surface area contributed by atoms with Gasteiger partial charge in [0, 0.05) is 17.2 Å². The van der Waals surface area contributed by atoms with Crippen LogP contribution in [0.2, 0.25) is 0 Å². The molecule has 0 aliphatic heterocycles. The predicted molar refractivity (Wildman–Crippen MR) is 92.7 cm³/mol. The average Bonchev–Trinajstić information content (AvgIpc) is 2.50. The lowest BCUT2D eigenvalue weighted by molar-refractivity contribution is -0.124. The van der Waals surface area contributed by atoms with E-state index in [9.17, 15) is 4.79 Å². The van der Waals surface area contributed by atoms with Gasteiger partial charge in [-0.1, -0.05) is 30.3 Å². The Morgan fingerprint density at radius 3 is 2.48 bits per heavy atom. The van der Waals surface area contributed by atoms with E-state index in [1.54, 1.807) is 14.0 Å². The molecule has 4 nitrogen and oxygen atoms in total. The number of fused-ring (bicyclic) bond motifs is 1. The molecule has 3 rings (SSSR count). The number of aliphatic imine (C=N–C) groups is 1. The predicted octanol–water partition coefficient (Wildman–Crippen LogP) is 3.32.